The summed E-state index contributed by atoms with van der Waals surface area (Å²) in [5.74, 6) is -1.59. The molecule has 0 aromatic heterocycles. The number of aliphatic hydroxyl groups excluding tert-OH is 5. The molecule has 0 aromatic rings. The average Bonchev–Trinajstić information content (AvgIpc) is 2.50. The van der Waals surface area contributed by atoms with E-state index in [-0.39, 0.29) is 0 Å². The number of carboxylic acids is 1. The predicted molar refractivity (Wildman–Crippen MR) is 72.4 cm³/mol. The number of hydrogen-bond acceptors (Lipinski definition) is 10. The highest BCUT2D eigenvalue weighted by atomic mass is 16.7. The molecule has 2 saturated heterocycles. The zero-order valence-corrected chi connectivity index (χ0v) is 13.0. The van der Waals surface area contributed by atoms with Crippen LogP contribution in [0.2, 0.25) is 0 Å². The number of carboxylic acid groups (broad SMARTS) is 1. The topological polar surface area (TPSA) is 186 Å². The molecule has 0 aliphatic carbocycles. The highest BCUT2D eigenvalue weighted by molar-refractivity contribution is 5.73. The van der Waals surface area contributed by atoms with Gasteiger partial charge in [0.25, 0.3) is 0 Å². The second kappa shape index (κ2) is 6.78. The van der Waals surface area contributed by atoms with Gasteiger partial charge in [0.2, 0.25) is 0 Å². The number of ether oxygens (including phenoxy) is 3. The molecule has 24 heavy (non-hydrogen) atoms. The maximum absolute atomic E-state index is 11.2. The SMILES string of the molecule is CC1OC(OC2C(C(=O)O)OC(O)C(O)C2O)C(O)C(C)(O)C1O. The summed E-state index contributed by atoms with van der Waals surface area (Å²) in [6, 6.07) is 0. The van der Waals surface area contributed by atoms with Gasteiger partial charge in [0, 0.05) is 0 Å². The van der Waals surface area contributed by atoms with E-state index in [2.05, 4.69) is 0 Å². The van der Waals surface area contributed by atoms with E-state index < -0.39 is 66.9 Å². The van der Waals surface area contributed by atoms with E-state index in [4.69, 9.17) is 19.3 Å². The van der Waals surface area contributed by atoms with Crippen LogP contribution in [0.5, 0.6) is 0 Å². The van der Waals surface area contributed by atoms with E-state index in [0.29, 0.717) is 0 Å². The quantitative estimate of drug-likeness (QED) is 0.263. The van der Waals surface area contributed by atoms with Crippen molar-refractivity contribution in [3.05, 3.63) is 0 Å². The van der Waals surface area contributed by atoms with Gasteiger partial charge in [0.1, 0.15) is 36.1 Å². The van der Waals surface area contributed by atoms with Crippen LogP contribution in [0, 0.1) is 0 Å². The molecule has 10 unspecified atom stereocenters. The summed E-state index contributed by atoms with van der Waals surface area (Å²) in [5.41, 5.74) is -2.03. The van der Waals surface area contributed by atoms with Crippen molar-refractivity contribution in [2.45, 2.75) is 74.8 Å². The summed E-state index contributed by atoms with van der Waals surface area (Å²) < 4.78 is 15.1. The summed E-state index contributed by atoms with van der Waals surface area (Å²) in [6.45, 7) is 2.53. The van der Waals surface area contributed by atoms with Crippen molar-refractivity contribution < 1.29 is 54.8 Å². The minimum absolute atomic E-state index is 0.978. The van der Waals surface area contributed by atoms with Crippen molar-refractivity contribution in [3.63, 3.8) is 0 Å². The normalized spacial score (nSPS) is 52.9. The Morgan fingerprint density at radius 3 is 2.17 bits per heavy atom. The van der Waals surface area contributed by atoms with E-state index in [9.17, 15) is 35.4 Å². The summed E-state index contributed by atoms with van der Waals surface area (Å²) in [4.78, 5) is 11.2. The first-order valence-corrected chi connectivity index (χ1v) is 7.30. The number of aliphatic carboxylic acids is 1. The van der Waals surface area contributed by atoms with Crippen molar-refractivity contribution in [2.75, 3.05) is 0 Å². The second-order valence-corrected chi connectivity index (χ2v) is 6.19. The van der Waals surface area contributed by atoms with E-state index in [0.717, 1.165) is 6.92 Å². The van der Waals surface area contributed by atoms with Crippen LogP contribution in [-0.2, 0) is 19.0 Å². The molecule has 11 heteroatoms. The Morgan fingerprint density at radius 1 is 1.04 bits per heavy atom. The van der Waals surface area contributed by atoms with Gasteiger partial charge in [-0.2, -0.15) is 0 Å². The maximum Gasteiger partial charge on any atom is 0.335 e. The lowest BCUT2D eigenvalue weighted by atomic mass is 9.86. The Balaban J connectivity index is 2.22. The largest absolute Gasteiger partial charge is 0.479 e. The van der Waals surface area contributed by atoms with Crippen molar-refractivity contribution in [1.82, 2.24) is 0 Å². The fraction of sp³-hybridized carbons (Fsp3) is 0.923. The van der Waals surface area contributed by atoms with E-state index >= 15 is 0 Å². The molecule has 0 amide bonds. The average molecular weight is 354 g/mol. The molecule has 2 heterocycles. The predicted octanol–water partition coefficient (Wildman–Crippen LogP) is -3.89. The van der Waals surface area contributed by atoms with Crippen molar-refractivity contribution in [2.24, 2.45) is 0 Å². The molecule has 0 aromatic carbocycles. The molecule has 11 nitrogen and oxygen atoms in total. The highest BCUT2D eigenvalue weighted by Crippen LogP contribution is 2.33. The monoisotopic (exact) mass is 354 g/mol. The zero-order chi connectivity index (χ0) is 18.4. The zero-order valence-electron chi connectivity index (χ0n) is 13.0. The minimum atomic E-state index is -2.03. The summed E-state index contributed by atoms with van der Waals surface area (Å²) >= 11 is 0. The first kappa shape index (κ1) is 19.4. The lowest BCUT2D eigenvalue weighted by Crippen LogP contribution is -2.67. The lowest BCUT2D eigenvalue weighted by molar-refractivity contribution is -0.360. The highest BCUT2D eigenvalue weighted by Gasteiger charge is 2.55. The Labute approximate surface area is 136 Å². The fourth-order valence-electron chi connectivity index (χ4n) is 2.75. The first-order chi connectivity index (χ1) is 11.0. The fourth-order valence-corrected chi connectivity index (χ4v) is 2.75. The van der Waals surface area contributed by atoms with Crippen LogP contribution in [0.4, 0.5) is 0 Å². The first-order valence-electron chi connectivity index (χ1n) is 7.30. The maximum atomic E-state index is 11.2. The summed E-state index contributed by atoms with van der Waals surface area (Å²) in [7, 11) is 0. The standard InChI is InChI=1S/C13H22O11/c1-3-8(16)13(2,21)9(17)12(22-3)24-6-4(14)5(15)11(20)23-7(6)10(18)19/h3-9,11-12,14-17,20-21H,1-2H3,(H,18,19). The van der Waals surface area contributed by atoms with Gasteiger partial charge in [-0.15, -0.1) is 0 Å². The Kier molecular flexibility index (Phi) is 5.49. The number of aliphatic hydroxyl groups is 6. The van der Waals surface area contributed by atoms with Crippen molar-refractivity contribution >= 4 is 5.97 Å². The minimum Gasteiger partial charge on any atom is -0.479 e. The number of hydrogen-bond donors (Lipinski definition) is 7. The molecule has 7 N–H and O–H groups in total. The Hall–Kier alpha value is -0.890. The van der Waals surface area contributed by atoms with Gasteiger partial charge in [-0.1, -0.05) is 0 Å². The van der Waals surface area contributed by atoms with Crippen LogP contribution < -0.4 is 0 Å². The molecule has 140 valence electrons. The third-order valence-electron chi connectivity index (χ3n) is 4.35. The molecule has 0 spiro atoms. The molecule has 0 bridgehead atoms. The molecule has 2 rings (SSSR count). The number of carbonyl (C=O) groups is 1. The summed E-state index contributed by atoms with van der Waals surface area (Å²) in [5, 5.41) is 68.2. The van der Waals surface area contributed by atoms with Gasteiger partial charge < -0.3 is 50.0 Å². The Morgan fingerprint density at radius 2 is 1.62 bits per heavy atom. The van der Waals surface area contributed by atoms with E-state index in [1.165, 1.54) is 6.92 Å². The summed E-state index contributed by atoms with van der Waals surface area (Å²) in [6.07, 6.45) is -15.0. The van der Waals surface area contributed by atoms with Crippen molar-refractivity contribution in [3.8, 4) is 0 Å². The van der Waals surface area contributed by atoms with Crippen LogP contribution in [0.1, 0.15) is 13.8 Å². The second-order valence-electron chi connectivity index (χ2n) is 6.19. The smallest absolute Gasteiger partial charge is 0.335 e. The molecule has 2 aliphatic heterocycles. The van der Waals surface area contributed by atoms with E-state index in [1.807, 2.05) is 0 Å². The van der Waals surface area contributed by atoms with Crippen LogP contribution in [0.15, 0.2) is 0 Å². The molecular weight excluding hydrogens is 332 g/mol. The molecule has 0 saturated carbocycles. The van der Waals surface area contributed by atoms with Crippen molar-refractivity contribution in [1.29, 1.82) is 0 Å². The van der Waals surface area contributed by atoms with Gasteiger partial charge in [-0.05, 0) is 13.8 Å². The van der Waals surface area contributed by atoms with Crippen LogP contribution in [-0.4, -0.2) is 103 Å². The third-order valence-corrected chi connectivity index (χ3v) is 4.35. The van der Waals surface area contributed by atoms with Crippen LogP contribution >= 0.6 is 0 Å². The van der Waals surface area contributed by atoms with Gasteiger partial charge in [0.15, 0.2) is 18.7 Å². The molecule has 0 radical (unpaired) electrons. The molecular formula is C13H22O11. The van der Waals surface area contributed by atoms with Crippen LogP contribution in [0.3, 0.4) is 0 Å². The third kappa shape index (κ3) is 3.27. The lowest BCUT2D eigenvalue weighted by Gasteiger charge is -2.48. The van der Waals surface area contributed by atoms with Gasteiger partial charge in [-0.25, -0.2) is 4.79 Å². The molecule has 10 atom stereocenters. The van der Waals surface area contributed by atoms with Gasteiger partial charge >= 0.3 is 5.97 Å². The van der Waals surface area contributed by atoms with E-state index in [1.54, 1.807) is 0 Å². The number of rotatable bonds is 3. The van der Waals surface area contributed by atoms with Crippen LogP contribution in [0.25, 0.3) is 0 Å². The molecule has 2 fully saturated rings. The molecule has 2 aliphatic rings. The van der Waals surface area contributed by atoms with Gasteiger partial charge in [-0.3, -0.25) is 0 Å². The Bertz CT molecular complexity index is 469. The van der Waals surface area contributed by atoms with Gasteiger partial charge in [0.05, 0.1) is 6.10 Å².